The fourth-order valence-corrected chi connectivity index (χ4v) is 10.6. The molecule has 0 spiro atoms. The van der Waals surface area contributed by atoms with Crippen LogP contribution >= 0.6 is 0 Å². The third kappa shape index (κ3) is 62.9. The van der Waals surface area contributed by atoms with Gasteiger partial charge in [-0.1, -0.05) is 334 Å². The Kier molecular flexibility index (Phi) is 64.2. The molecule has 1 unspecified atom stereocenters. The van der Waals surface area contributed by atoms with Crippen LogP contribution in [0.1, 0.15) is 386 Å². The molecule has 438 valence electrons. The van der Waals surface area contributed by atoms with E-state index in [1.54, 1.807) is 0 Å². The van der Waals surface area contributed by atoms with Crippen molar-refractivity contribution in [2.24, 2.45) is 0 Å². The maximum absolute atomic E-state index is 12.4. The van der Waals surface area contributed by atoms with Gasteiger partial charge < -0.3 is 14.6 Å². The molecule has 1 atom stereocenters. The largest absolute Gasteiger partial charge is 0.462 e. The number of aliphatic hydroxyl groups excluding tert-OH is 1. The molecule has 5 heteroatoms. The quantitative estimate of drug-likeness (QED) is 0.0373. The first-order valence-corrected chi connectivity index (χ1v) is 33.9. The summed E-state index contributed by atoms with van der Waals surface area (Å²) >= 11 is 0. The second-order valence-electron chi connectivity index (χ2n) is 23.3. The monoisotopic (exact) mass is 1040 g/mol. The first kappa shape index (κ1) is 72.4. The normalized spacial score (nSPS) is 12.2. The minimum Gasteiger partial charge on any atom is -0.462 e. The summed E-state index contributed by atoms with van der Waals surface area (Å²) in [4.78, 5) is 24.6. The topological polar surface area (TPSA) is 72.8 Å². The summed E-state index contributed by atoms with van der Waals surface area (Å²) in [5, 5.41) is 9.69. The van der Waals surface area contributed by atoms with Gasteiger partial charge >= 0.3 is 11.9 Å². The van der Waals surface area contributed by atoms with Crippen molar-refractivity contribution in [2.45, 2.75) is 392 Å². The molecule has 0 radical (unpaired) electrons. The number of hydrogen-bond donors (Lipinski definition) is 1. The van der Waals surface area contributed by atoms with Gasteiger partial charge in [-0.15, -0.1) is 0 Å². The average molecular weight is 1040 g/mol. The van der Waals surface area contributed by atoms with E-state index in [0.717, 1.165) is 38.5 Å². The number of esters is 2. The smallest absolute Gasteiger partial charge is 0.306 e. The highest BCUT2D eigenvalue weighted by Gasteiger charge is 2.16. The summed E-state index contributed by atoms with van der Waals surface area (Å²) in [6.45, 7) is 4.20. The molecule has 5 nitrogen and oxygen atoms in total. The van der Waals surface area contributed by atoms with Crippen molar-refractivity contribution in [3.63, 3.8) is 0 Å². The maximum atomic E-state index is 12.4. The third-order valence-electron chi connectivity index (χ3n) is 15.7. The molecule has 0 rings (SSSR count). The molecule has 0 aliphatic carbocycles. The van der Waals surface area contributed by atoms with Crippen LogP contribution in [-0.2, 0) is 19.1 Å². The molecule has 0 aromatic rings. The Hall–Kier alpha value is -1.62. The Labute approximate surface area is 464 Å². The zero-order valence-corrected chi connectivity index (χ0v) is 50.4. The van der Waals surface area contributed by atoms with Gasteiger partial charge in [0.2, 0.25) is 0 Å². The third-order valence-corrected chi connectivity index (χ3v) is 15.7. The number of allylic oxidation sites excluding steroid dienone is 4. The molecule has 1 N–H and O–H groups in total. The SMILES string of the molecule is CCCCCCCCCC/C=C\CCCCCCCCCCCCCCCCCCCCCCCC(=O)OC(CO)COC(=O)CCCCCCCCCCCCCCCCC/C=C\CCCCCCCCCC. The van der Waals surface area contributed by atoms with Crippen molar-refractivity contribution in [1.29, 1.82) is 0 Å². The van der Waals surface area contributed by atoms with Crippen LogP contribution in [0, 0.1) is 0 Å². The highest BCUT2D eigenvalue weighted by Crippen LogP contribution is 2.19. The van der Waals surface area contributed by atoms with Gasteiger partial charge in [-0.25, -0.2) is 0 Å². The number of unbranched alkanes of at least 4 members (excludes halogenated alkanes) is 52. The molecule has 0 aromatic heterocycles. The van der Waals surface area contributed by atoms with Crippen LogP contribution in [0.4, 0.5) is 0 Å². The molecule has 0 bridgehead atoms. The molecule has 0 aromatic carbocycles. The second-order valence-corrected chi connectivity index (χ2v) is 23.3. The average Bonchev–Trinajstić information content (AvgIpc) is 3.40. The summed E-state index contributed by atoms with van der Waals surface area (Å²) < 4.78 is 10.8. The van der Waals surface area contributed by atoms with Gasteiger partial charge in [-0.05, 0) is 64.2 Å². The first-order chi connectivity index (χ1) is 36.6. The lowest BCUT2D eigenvalue weighted by Gasteiger charge is -2.15. The molecular formula is C69H132O5. The van der Waals surface area contributed by atoms with Crippen LogP contribution in [-0.4, -0.2) is 36.4 Å². The fourth-order valence-electron chi connectivity index (χ4n) is 10.6. The Morgan fingerprint density at radius 1 is 0.297 bits per heavy atom. The summed E-state index contributed by atoms with van der Waals surface area (Å²) in [7, 11) is 0. The number of aliphatic hydroxyl groups is 1. The minimum atomic E-state index is -0.769. The van der Waals surface area contributed by atoms with E-state index in [4.69, 9.17) is 9.47 Å². The Morgan fingerprint density at radius 2 is 0.500 bits per heavy atom. The maximum Gasteiger partial charge on any atom is 0.306 e. The number of rotatable bonds is 64. The first-order valence-electron chi connectivity index (χ1n) is 33.9. The van der Waals surface area contributed by atoms with Gasteiger partial charge in [0.15, 0.2) is 6.10 Å². The Bertz CT molecular complexity index is 1130. The molecular weight excluding hydrogens is 909 g/mol. The van der Waals surface area contributed by atoms with Crippen molar-refractivity contribution in [1.82, 2.24) is 0 Å². The molecule has 0 saturated carbocycles. The molecule has 0 amide bonds. The van der Waals surface area contributed by atoms with Crippen molar-refractivity contribution in [3.05, 3.63) is 24.3 Å². The fraction of sp³-hybridized carbons (Fsp3) is 0.913. The van der Waals surface area contributed by atoms with Crippen LogP contribution < -0.4 is 0 Å². The molecule has 0 aliphatic rings. The van der Waals surface area contributed by atoms with Gasteiger partial charge in [0.1, 0.15) is 6.61 Å². The highest BCUT2D eigenvalue weighted by atomic mass is 16.6. The van der Waals surface area contributed by atoms with Crippen LogP contribution in [0.15, 0.2) is 24.3 Å². The lowest BCUT2D eigenvalue weighted by molar-refractivity contribution is -0.161. The number of carbonyl (C=O) groups is 2. The van der Waals surface area contributed by atoms with Crippen LogP contribution in [0.25, 0.3) is 0 Å². The van der Waals surface area contributed by atoms with E-state index in [0.29, 0.717) is 12.8 Å². The second kappa shape index (κ2) is 65.7. The number of ether oxygens (including phenoxy) is 2. The van der Waals surface area contributed by atoms with E-state index in [9.17, 15) is 14.7 Å². The highest BCUT2D eigenvalue weighted by molar-refractivity contribution is 5.70. The van der Waals surface area contributed by atoms with Crippen molar-refractivity contribution in [2.75, 3.05) is 13.2 Å². The zero-order chi connectivity index (χ0) is 53.4. The predicted molar refractivity (Wildman–Crippen MR) is 325 cm³/mol. The van der Waals surface area contributed by atoms with E-state index in [1.807, 2.05) is 0 Å². The van der Waals surface area contributed by atoms with Gasteiger partial charge in [0.25, 0.3) is 0 Å². The molecule has 74 heavy (non-hydrogen) atoms. The van der Waals surface area contributed by atoms with Crippen molar-refractivity contribution in [3.8, 4) is 0 Å². The lowest BCUT2D eigenvalue weighted by atomic mass is 10.0. The summed E-state index contributed by atoms with van der Waals surface area (Å²) in [5.74, 6) is -0.565. The molecule has 0 aliphatic heterocycles. The zero-order valence-electron chi connectivity index (χ0n) is 50.4. The van der Waals surface area contributed by atoms with E-state index in [2.05, 4.69) is 38.2 Å². The Morgan fingerprint density at radius 3 is 0.730 bits per heavy atom. The van der Waals surface area contributed by atoms with E-state index in [1.165, 1.54) is 321 Å². The molecule has 0 fully saturated rings. The van der Waals surface area contributed by atoms with Crippen LogP contribution in [0.5, 0.6) is 0 Å². The van der Waals surface area contributed by atoms with Gasteiger partial charge in [0, 0.05) is 12.8 Å². The van der Waals surface area contributed by atoms with Gasteiger partial charge in [0.05, 0.1) is 6.61 Å². The van der Waals surface area contributed by atoms with E-state index in [-0.39, 0.29) is 25.2 Å². The summed E-state index contributed by atoms with van der Waals surface area (Å²) in [6.07, 6.45) is 85.0. The van der Waals surface area contributed by atoms with Gasteiger partial charge in [-0.2, -0.15) is 0 Å². The minimum absolute atomic E-state index is 0.0587. The van der Waals surface area contributed by atoms with Crippen LogP contribution in [0.2, 0.25) is 0 Å². The summed E-state index contributed by atoms with van der Waals surface area (Å²) in [5.41, 5.74) is 0. The molecule has 0 saturated heterocycles. The van der Waals surface area contributed by atoms with Crippen molar-refractivity contribution >= 4 is 11.9 Å². The van der Waals surface area contributed by atoms with E-state index < -0.39 is 6.10 Å². The number of hydrogen-bond acceptors (Lipinski definition) is 5. The van der Waals surface area contributed by atoms with Gasteiger partial charge in [-0.3, -0.25) is 9.59 Å². The van der Waals surface area contributed by atoms with E-state index >= 15 is 0 Å². The lowest BCUT2D eigenvalue weighted by Crippen LogP contribution is -2.28. The van der Waals surface area contributed by atoms with Crippen LogP contribution in [0.3, 0.4) is 0 Å². The van der Waals surface area contributed by atoms with Crippen molar-refractivity contribution < 1.29 is 24.2 Å². The predicted octanol–water partition coefficient (Wildman–Crippen LogP) is 23.2. The molecule has 0 heterocycles. The Balaban J connectivity index is 3.38. The number of carbonyl (C=O) groups excluding carboxylic acids is 2. The standard InChI is InChI=1S/C69H132O5/c1-3-5-7-9-11-13-15-17-19-21-23-25-27-29-31-32-33-34-35-36-38-40-42-44-46-48-50-52-54-56-58-60-62-64-69(72)74-67(65-70)66-73-68(71)63-61-59-57-55-53-51-49-47-45-43-41-39-37-30-28-26-24-22-20-18-16-14-12-10-8-6-4-2/h21-24,67,70H,3-20,25-66H2,1-2H3/b23-21-,24-22-. The summed E-state index contributed by atoms with van der Waals surface area (Å²) in [6, 6.07) is 0.